The van der Waals surface area contributed by atoms with Gasteiger partial charge in [-0.05, 0) is 82.9 Å². The van der Waals surface area contributed by atoms with Crippen LogP contribution in [0.4, 0.5) is 34.4 Å². The van der Waals surface area contributed by atoms with Crippen LogP contribution in [0, 0.1) is 0 Å². The zero-order valence-electron chi connectivity index (χ0n) is 23.2. The Kier molecular flexibility index (Phi) is 6.05. The van der Waals surface area contributed by atoms with Crippen molar-refractivity contribution < 1.29 is 4.74 Å². The molecule has 0 bridgehead atoms. The molecule has 0 unspecified atom stereocenters. The van der Waals surface area contributed by atoms with Crippen LogP contribution in [-0.4, -0.2) is 9.97 Å². The van der Waals surface area contributed by atoms with Crippen LogP contribution in [0.1, 0.15) is 22.3 Å². The van der Waals surface area contributed by atoms with Crippen molar-refractivity contribution in [1.29, 1.82) is 0 Å². The normalized spacial score (nSPS) is 12.8. The minimum Gasteiger partial charge on any atom is -0.457 e. The summed E-state index contributed by atoms with van der Waals surface area (Å²) >= 11 is 0. The van der Waals surface area contributed by atoms with Gasteiger partial charge in [-0.3, -0.25) is 9.80 Å². The zero-order chi connectivity index (χ0) is 28.6. The quantitative estimate of drug-likeness (QED) is 0.216. The van der Waals surface area contributed by atoms with E-state index in [9.17, 15) is 0 Å². The first-order valence-electron chi connectivity index (χ1n) is 14.2. The van der Waals surface area contributed by atoms with Crippen LogP contribution in [0.25, 0.3) is 24.3 Å². The van der Waals surface area contributed by atoms with E-state index in [4.69, 9.17) is 14.7 Å². The molecule has 43 heavy (non-hydrogen) atoms. The Balaban J connectivity index is 1.22. The maximum Gasteiger partial charge on any atom is 0.137 e. The predicted molar refractivity (Wildman–Crippen MR) is 176 cm³/mol. The third-order valence-electron chi connectivity index (χ3n) is 7.72. The van der Waals surface area contributed by atoms with Crippen LogP contribution in [0.2, 0.25) is 0 Å². The fourth-order valence-corrected chi connectivity index (χ4v) is 5.73. The molecule has 2 aliphatic rings. The van der Waals surface area contributed by atoms with E-state index in [0.717, 1.165) is 68.1 Å². The van der Waals surface area contributed by atoms with Gasteiger partial charge < -0.3 is 4.74 Å². The lowest BCUT2D eigenvalue weighted by Gasteiger charge is -2.27. The maximum atomic E-state index is 6.59. The second kappa shape index (κ2) is 10.5. The summed E-state index contributed by atoms with van der Waals surface area (Å²) in [6.07, 6.45) is 12.3. The van der Waals surface area contributed by atoms with Gasteiger partial charge in [0.05, 0.1) is 22.7 Å². The van der Waals surface area contributed by atoms with Crippen LogP contribution < -0.4 is 14.5 Å². The SMILES string of the molecule is C1=Cc2ccc(Oc3ccc4c(c3)N(c3ccccn3)c3ccccc3C=C4)cc2N(c2ccccn2)c2ccccc21. The molecule has 0 aliphatic carbocycles. The summed E-state index contributed by atoms with van der Waals surface area (Å²) in [6.45, 7) is 0. The molecule has 0 radical (unpaired) electrons. The van der Waals surface area contributed by atoms with Gasteiger partial charge in [-0.15, -0.1) is 0 Å². The van der Waals surface area contributed by atoms with Crippen LogP contribution in [0.3, 0.4) is 0 Å². The smallest absolute Gasteiger partial charge is 0.137 e. The molecule has 0 spiro atoms. The molecule has 0 fully saturated rings. The molecule has 0 saturated carbocycles. The first-order chi connectivity index (χ1) is 21.3. The summed E-state index contributed by atoms with van der Waals surface area (Å²) in [6, 6.07) is 41.1. The summed E-state index contributed by atoms with van der Waals surface area (Å²) in [5.41, 5.74) is 8.54. The molecular weight excluding hydrogens is 528 g/mol. The number of hydrogen-bond acceptors (Lipinski definition) is 5. The van der Waals surface area contributed by atoms with Gasteiger partial charge in [0, 0.05) is 24.5 Å². The van der Waals surface area contributed by atoms with Crippen LogP contribution in [0.15, 0.2) is 134 Å². The number of pyridine rings is 2. The monoisotopic (exact) mass is 554 g/mol. The lowest BCUT2D eigenvalue weighted by Crippen LogP contribution is -2.13. The van der Waals surface area contributed by atoms with E-state index in [2.05, 4.69) is 107 Å². The van der Waals surface area contributed by atoms with E-state index in [0.29, 0.717) is 0 Å². The van der Waals surface area contributed by atoms with Crippen molar-refractivity contribution in [3.8, 4) is 11.5 Å². The van der Waals surface area contributed by atoms with Crippen molar-refractivity contribution >= 4 is 58.7 Å². The number of hydrogen-bond donors (Lipinski definition) is 0. The molecule has 2 aromatic heterocycles. The number of nitrogens with zero attached hydrogens (tertiary/aromatic N) is 4. The number of rotatable bonds is 4. The lowest BCUT2D eigenvalue weighted by atomic mass is 10.1. The molecule has 2 aliphatic heterocycles. The van der Waals surface area contributed by atoms with Crippen molar-refractivity contribution in [2.45, 2.75) is 0 Å². The Morgan fingerprint density at radius 1 is 0.395 bits per heavy atom. The lowest BCUT2D eigenvalue weighted by molar-refractivity contribution is 0.483. The molecular formula is C38H26N4O. The highest BCUT2D eigenvalue weighted by molar-refractivity contribution is 5.94. The zero-order valence-corrected chi connectivity index (χ0v) is 23.2. The minimum atomic E-state index is 0.737. The largest absolute Gasteiger partial charge is 0.457 e. The highest BCUT2D eigenvalue weighted by Crippen LogP contribution is 2.45. The second-order valence-corrected chi connectivity index (χ2v) is 10.4. The standard InChI is InChI=1S/C38H26N4O/c1-3-11-33-27(9-1)15-17-29-19-21-31(25-35(29)41(33)37-13-5-7-23-39-37)43-32-22-20-30-18-16-28-10-2-4-12-34(28)42(36(30)26-32)38-14-6-8-24-40-38/h1-26H. The number of benzene rings is 4. The Labute approximate surface area is 250 Å². The molecule has 4 aromatic carbocycles. The number of para-hydroxylation sites is 2. The van der Waals surface area contributed by atoms with Crippen LogP contribution in [0.5, 0.6) is 11.5 Å². The first-order valence-corrected chi connectivity index (χ1v) is 14.2. The Bertz CT molecular complexity index is 1870. The van der Waals surface area contributed by atoms with Gasteiger partial charge in [0.25, 0.3) is 0 Å². The predicted octanol–water partition coefficient (Wildman–Crippen LogP) is 10.2. The third-order valence-corrected chi connectivity index (χ3v) is 7.72. The molecule has 204 valence electrons. The van der Waals surface area contributed by atoms with Crippen LogP contribution in [-0.2, 0) is 0 Å². The van der Waals surface area contributed by atoms with Gasteiger partial charge in [-0.1, -0.05) is 72.8 Å². The fraction of sp³-hybridized carbons (Fsp3) is 0. The van der Waals surface area contributed by atoms with Gasteiger partial charge in [-0.25, -0.2) is 9.97 Å². The molecule has 0 amide bonds. The third kappa shape index (κ3) is 4.53. The summed E-state index contributed by atoms with van der Waals surface area (Å²) in [4.78, 5) is 13.8. The fourth-order valence-electron chi connectivity index (χ4n) is 5.73. The van der Waals surface area contributed by atoms with E-state index >= 15 is 0 Å². The minimum absolute atomic E-state index is 0.737. The average molecular weight is 555 g/mol. The van der Waals surface area contributed by atoms with Gasteiger partial charge in [0.2, 0.25) is 0 Å². The van der Waals surface area contributed by atoms with E-state index in [1.807, 2.05) is 60.9 Å². The van der Waals surface area contributed by atoms with Crippen molar-refractivity contribution in [3.63, 3.8) is 0 Å². The number of fused-ring (bicyclic) bond motifs is 4. The van der Waals surface area contributed by atoms with Crippen molar-refractivity contribution in [2.24, 2.45) is 0 Å². The van der Waals surface area contributed by atoms with E-state index in [1.165, 1.54) is 0 Å². The van der Waals surface area contributed by atoms with Gasteiger partial charge in [0.15, 0.2) is 0 Å². The summed E-state index contributed by atoms with van der Waals surface area (Å²) in [5.74, 6) is 3.17. The highest BCUT2D eigenvalue weighted by atomic mass is 16.5. The van der Waals surface area contributed by atoms with E-state index < -0.39 is 0 Å². The Morgan fingerprint density at radius 2 is 0.814 bits per heavy atom. The highest BCUT2D eigenvalue weighted by Gasteiger charge is 2.23. The number of ether oxygens (including phenoxy) is 1. The molecule has 4 heterocycles. The van der Waals surface area contributed by atoms with Crippen molar-refractivity contribution in [3.05, 3.63) is 156 Å². The first kappa shape index (κ1) is 24.8. The molecule has 0 N–H and O–H groups in total. The summed E-state index contributed by atoms with van der Waals surface area (Å²) in [7, 11) is 0. The van der Waals surface area contributed by atoms with Crippen LogP contribution >= 0.6 is 0 Å². The Hall–Kier alpha value is -5.94. The topological polar surface area (TPSA) is 41.5 Å². The molecule has 0 saturated heterocycles. The molecule has 0 atom stereocenters. The summed E-state index contributed by atoms with van der Waals surface area (Å²) in [5, 5.41) is 0. The molecule has 5 heteroatoms. The Morgan fingerprint density at radius 3 is 1.26 bits per heavy atom. The van der Waals surface area contributed by atoms with Gasteiger partial charge in [-0.2, -0.15) is 0 Å². The van der Waals surface area contributed by atoms with Gasteiger partial charge in [0.1, 0.15) is 23.1 Å². The van der Waals surface area contributed by atoms with E-state index in [1.54, 1.807) is 0 Å². The molecule has 6 aromatic rings. The summed E-state index contributed by atoms with van der Waals surface area (Å²) < 4.78 is 6.59. The number of aromatic nitrogens is 2. The second-order valence-electron chi connectivity index (χ2n) is 10.4. The van der Waals surface area contributed by atoms with Crippen molar-refractivity contribution in [1.82, 2.24) is 9.97 Å². The molecule has 8 rings (SSSR count). The molecule has 5 nitrogen and oxygen atoms in total. The maximum absolute atomic E-state index is 6.59. The average Bonchev–Trinajstić information content (AvgIpc) is 3.33. The van der Waals surface area contributed by atoms with Crippen molar-refractivity contribution in [2.75, 3.05) is 9.80 Å². The number of anilines is 6. The van der Waals surface area contributed by atoms with E-state index in [-0.39, 0.29) is 0 Å². The van der Waals surface area contributed by atoms with Gasteiger partial charge >= 0.3 is 0 Å².